The van der Waals surface area contributed by atoms with Crippen molar-refractivity contribution in [3.63, 3.8) is 0 Å². The Bertz CT molecular complexity index is 1040. The normalized spacial score (nSPS) is 10.9. The lowest BCUT2D eigenvalue weighted by molar-refractivity contribution is 0.0950. The Hall–Kier alpha value is -2.99. The van der Waals surface area contributed by atoms with Gasteiger partial charge in [-0.2, -0.15) is 4.37 Å². The number of nitrogens with one attached hydrogen (secondary N) is 2. The lowest BCUT2D eigenvalue weighted by Crippen LogP contribution is -2.29. The van der Waals surface area contributed by atoms with Gasteiger partial charge in [-0.1, -0.05) is 36.4 Å². The molecule has 0 saturated heterocycles. The number of para-hydroxylation sites is 1. The monoisotopic (exact) mass is 348 g/mol. The molecule has 2 heterocycles. The van der Waals surface area contributed by atoms with Crippen molar-refractivity contribution in [2.75, 3.05) is 18.4 Å². The lowest BCUT2D eigenvalue weighted by atomic mass is 10.2. The number of amides is 1. The molecule has 4 aromatic rings. The molecule has 2 aromatic carbocycles. The van der Waals surface area contributed by atoms with Crippen molar-refractivity contribution in [1.29, 1.82) is 0 Å². The minimum atomic E-state index is -0.171. The Morgan fingerprint density at radius 2 is 1.80 bits per heavy atom. The Morgan fingerprint density at radius 1 is 0.960 bits per heavy atom. The third-order valence-corrected chi connectivity index (χ3v) is 4.74. The third kappa shape index (κ3) is 3.29. The van der Waals surface area contributed by atoms with E-state index >= 15 is 0 Å². The quantitative estimate of drug-likeness (QED) is 0.540. The van der Waals surface area contributed by atoms with Crippen molar-refractivity contribution in [3.05, 3.63) is 66.4 Å². The van der Waals surface area contributed by atoms with E-state index in [0.717, 1.165) is 26.8 Å². The van der Waals surface area contributed by atoms with Crippen LogP contribution in [0.3, 0.4) is 0 Å². The number of carbonyl (C=O) groups is 1. The maximum absolute atomic E-state index is 12.2. The summed E-state index contributed by atoms with van der Waals surface area (Å²) in [6.07, 6.45) is 0. The second-order valence-electron chi connectivity index (χ2n) is 5.60. The van der Waals surface area contributed by atoms with Crippen molar-refractivity contribution < 1.29 is 4.79 Å². The van der Waals surface area contributed by atoms with Gasteiger partial charge in [0.15, 0.2) is 0 Å². The number of hydrogen-bond donors (Lipinski definition) is 2. The maximum atomic E-state index is 12.2. The van der Waals surface area contributed by atoms with Gasteiger partial charge in [-0.3, -0.25) is 4.79 Å². The molecular formula is C19H16N4OS. The van der Waals surface area contributed by atoms with Crippen molar-refractivity contribution in [2.24, 2.45) is 0 Å². The number of hydrogen-bond acceptors (Lipinski definition) is 5. The van der Waals surface area contributed by atoms with Crippen molar-refractivity contribution in [3.8, 4) is 0 Å². The van der Waals surface area contributed by atoms with Crippen LogP contribution in [0.4, 0.5) is 5.82 Å². The fourth-order valence-corrected chi connectivity index (χ4v) is 3.41. The molecule has 0 aliphatic heterocycles. The van der Waals surface area contributed by atoms with Crippen LogP contribution in [-0.2, 0) is 0 Å². The number of pyridine rings is 1. The summed E-state index contributed by atoms with van der Waals surface area (Å²) in [4.78, 5) is 16.6. The molecular weight excluding hydrogens is 332 g/mol. The molecule has 2 aromatic heterocycles. The molecule has 0 radical (unpaired) electrons. The molecule has 6 heteroatoms. The Morgan fingerprint density at radius 3 is 2.76 bits per heavy atom. The van der Waals surface area contributed by atoms with Crippen molar-refractivity contribution in [2.45, 2.75) is 0 Å². The van der Waals surface area contributed by atoms with Gasteiger partial charge in [0, 0.05) is 23.9 Å². The summed E-state index contributed by atoms with van der Waals surface area (Å²) >= 11 is 1.47. The summed E-state index contributed by atoms with van der Waals surface area (Å²) in [7, 11) is 0. The Labute approximate surface area is 148 Å². The zero-order chi connectivity index (χ0) is 17.1. The predicted octanol–water partition coefficient (Wildman–Crippen LogP) is 3.69. The highest BCUT2D eigenvalue weighted by Crippen LogP contribution is 2.25. The van der Waals surface area contributed by atoms with Crippen LogP contribution >= 0.6 is 11.5 Å². The van der Waals surface area contributed by atoms with Gasteiger partial charge in [0.1, 0.15) is 11.5 Å². The summed E-state index contributed by atoms with van der Waals surface area (Å²) in [6, 6.07) is 19.5. The van der Waals surface area contributed by atoms with Gasteiger partial charge < -0.3 is 10.6 Å². The minimum Gasteiger partial charge on any atom is -0.367 e. The molecule has 124 valence electrons. The van der Waals surface area contributed by atoms with Crippen LogP contribution in [0.15, 0.2) is 60.7 Å². The summed E-state index contributed by atoms with van der Waals surface area (Å²) < 4.78 is 5.56. The minimum absolute atomic E-state index is 0.171. The molecule has 0 atom stereocenters. The van der Waals surface area contributed by atoms with Gasteiger partial charge in [-0.25, -0.2) is 4.98 Å². The topological polar surface area (TPSA) is 66.9 Å². The average molecular weight is 348 g/mol. The van der Waals surface area contributed by atoms with Gasteiger partial charge in [0.2, 0.25) is 0 Å². The van der Waals surface area contributed by atoms with Gasteiger partial charge in [-0.05, 0) is 35.8 Å². The largest absolute Gasteiger partial charge is 0.367 e. The number of nitrogens with zero attached hydrogens (tertiary/aromatic N) is 2. The van der Waals surface area contributed by atoms with E-state index in [1.165, 1.54) is 11.5 Å². The van der Waals surface area contributed by atoms with Gasteiger partial charge >= 0.3 is 0 Å². The molecule has 0 saturated carbocycles. The maximum Gasteiger partial charge on any atom is 0.269 e. The molecule has 1 amide bonds. The average Bonchev–Trinajstić information content (AvgIpc) is 3.08. The highest BCUT2D eigenvalue weighted by atomic mass is 32.1. The van der Waals surface area contributed by atoms with Crippen LogP contribution in [0.1, 0.15) is 10.5 Å². The first-order valence-electron chi connectivity index (χ1n) is 8.03. The van der Waals surface area contributed by atoms with E-state index in [0.29, 0.717) is 18.8 Å². The standard InChI is InChI=1S/C19H16N4OS/c24-19(16-10-9-13-5-1-3-7-15(13)22-16)21-12-11-20-18-14-6-2-4-8-17(14)25-23-18/h1-10H,11-12H2,(H,20,23)(H,21,24). The number of fused-ring (bicyclic) bond motifs is 2. The lowest BCUT2D eigenvalue weighted by Gasteiger charge is -2.07. The fraction of sp³-hybridized carbons (Fsp3) is 0.105. The number of rotatable bonds is 5. The third-order valence-electron chi connectivity index (χ3n) is 3.91. The van der Waals surface area contributed by atoms with Gasteiger partial charge in [-0.15, -0.1) is 0 Å². The number of aromatic nitrogens is 2. The molecule has 2 N–H and O–H groups in total. The first-order chi connectivity index (χ1) is 12.3. The van der Waals surface area contributed by atoms with Crippen LogP contribution < -0.4 is 10.6 Å². The molecule has 0 fully saturated rings. The van der Waals surface area contributed by atoms with Crippen molar-refractivity contribution >= 4 is 44.2 Å². The smallest absolute Gasteiger partial charge is 0.269 e. The van der Waals surface area contributed by atoms with E-state index in [9.17, 15) is 4.79 Å². The van der Waals surface area contributed by atoms with Gasteiger partial charge in [0.05, 0.1) is 10.2 Å². The Kier molecular flexibility index (Phi) is 4.26. The molecule has 0 bridgehead atoms. The van der Waals surface area contributed by atoms with E-state index in [1.54, 1.807) is 6.07 Å². The van der Waals surface area contributed by atoms with Crippen LogP contribution in [0.25, 0.3) is 21.0 Å². The molecule has 0 unspecified atom stereocenters. The molecule has 0 aliphatic rings. The molecule has 4 rings (SSSR count). The van der Waals surface area contributed by atoms with Gasteiger partial charge in [0.25, 0.3) is 5.91 Å². The number of carbonyl (C=O) groups excluding carboxylic acids is 1. The van der Waals surface area contributed by atoms with Crippen LogP contribution in [0.2, 0.25) is 0 Å². The summed E-state index contributed by atoms with van der Waals surface area (Å²) in [5.74, 6) is 0.689. The molecule has 25 heavy (non-hydrogen) atoms. The molecule has 0 aliphatic carbocycles. The second-order valence-corrected chi connectivity index (χ2v) is 6.40. The predicted molar refractivity (Wildman–Crippen MR) is 102 cm³/mol. The molecule has 5 nitrogen and oxygen atoms in total. The van der Waals surface area contributed by atoms with E-state index in [4.69, 9.17) is 0 Å². The van der Waals surface area contributed by atoms with Crippen LogP contribution in [-0.4, -0.2) is 28.4 Å². The fourth-order valence-electron chi connectivity index (χ4n) is 2.65. The van der Waals surface area contributed by atoms with E-state index in [1.807, 2.05) is 54.6 Å². The SMILES string of the molecule is O=C(NCCNc1nsc2ccccc12)c1ccc2ccccc2n1. The summed E-state index contributed by atoms with van der Waals surface area (Å²) in [5, 5.41) is 8.28. The first-order valence-corrected chi connectivity index (χ1v) is 8.81. The zero-order valence-corrected chi connectivity index (χ0v) is 14.2. The summed E-state index contributed by atoms with van der Waals surface area (Å²) in [6.45, 7) is 1.10. The number of anilines is 1. The van der Waals surface area contributed by atoms with Crippen LogP contribution in [0.5, 0.6) is 0 Å². The van der Waals surface area contributed by atoms with Crippen LogP contribution in [0, 0.1) is 0 Å². The summed E-state index contributed by atoms with van der Waals surface area (Å²) in [5.41, 5.74) is 1.25. The highest BCUT2D eigenvalue weighted by molar-refractivity contribution is 7.13. The Balaban J connectivity index is 1.35. The molecule has 0 spiro atoms. The van der Waals surface area contributed by atoms with E-state index < -0.39 is 0 Å². The zero-order valence-electron chi connectivity index (χ0n) is 13.4. The first kappa shape index (κ1) is 15.5. The van der Waals surface area contributed by atoms with Crippen molar-refractivity contribution in [1.82, 2.24) is 14.7 Å². The highest BCUT2D eigenvalue weighted by Gasteiger charge is 2.08. The van der Waals surface area contributed by atoms with E-state index in [2.05, 4.69) is 20.0 Å². The number of benzene rings is 2. The second kappa shape index (κ2) is 6.86. The van der Waals surface area contributed by atoms with E-state index in [-0.39, 0.29) is 5.91 Å².